The van der Waals surface area contributed by atoms with E-state index in [0.29, 0.717) is 5.92 Å². The van der Waals surface area contributed by atoms with Crippen molar-refractivity contribution in [2.45, 2.75) is 45.4 Å². The van der Waals surface area contributed by atoms with Crippen molar-refractivity contribution in [3.05, 3.63) is 40.3 Å². The van der Waals surface area contributed by atoms with Gasteiger partial charge >= 0.3 is 0 Å². The first-order chi connectivity index (χ1) is 9.16. The van der Waals surface area contributed by atoms with Gasteiger partial charge in [-0.25, -0.2) is 0 Å². The molecule has 1 heterocycles. The zero-order valence-corrected chi connectivity index (χ0v) is 12.5. The van der Waals surface area contributed by atoms with E-state index < -0.39 is 0 Å². The summed E-state index contributed by atoms with van der Waals surface area (Å²) in [6, 6.07) is 8.96. The lowest BCUT2D eigenvalue weighted by molar-refractivity contribution is 0.698. The molecule has 1 aromatic carbocycles. The fourth-order valence-corrected chi connectivity index (χ4v) is 4.12. The highest BCUT2D eigenvalue weighted by molar-refractivity contribution is 7.16. The summed E-state index contributed by atoms with van der Waals surface area (Å²) in [7, 11) is 0. The van der Waals surface area contributed by atoms with E-state index in [0.717, 1.165) is 5.00 Å². The second kappa shape index (κ2) is 5.01. The van der Waals surface area contributed by atoms with Gasteiger partial charge in [0.25, 0.3) is 0 Å². The lowest BCUT2D eigenvalue weighted by atomic mass is 9.91. The van der Waals surface area contributed by atoms with Crippen LogP contribution in [0.3, 0.4) is 0 Å². The Morgan fingerprint density at radius 1 is 1.05 bits per heavy atom. The molecule has 0 atom stereocenters. The number of thiophene rings is 1. The third-order valence-corrected chi connectivity index (χ3v) is 5.19. The van der Waals surface area contributed by atoms with Crippen LogP contribution in [0.2, 0.25) is 0 Å². The van der Waals surface area contributed by atoms with Gasteiger partial charge in [0.05, 0.1) is 5.00 Å². The van der Waals surface area contributed by atoms with Crippen LogP contribution in [0.5, 0.6) is 0 Å². The summed E-state index contributed by atoms with van der Waals surface area (Å²) >= 11 is 1.80. The highest BCUT2D eigenvalue weighted by atomic mass is 32.1. The van der Waals surface area contributed by atoms with E-state index in [9.17, 15) is 0 Å². The summed E-state index contributed by atoms with van der Waals surface area (Å²) in [5.74, 6) is 0.586. The van der Waals surface area contributed by atoms with E-state index in [1.165, 1.54) is 52.8 Å². The Kier molecular flexibility index (Phi) is 3.36. The Bertz CT molecular complexity index is 578. The van der Waals surface area contributed by atoms with Gasteiger partial charge in [-0.3, -0.25) is 0 Å². The summed E-state index contributed by atoms with van der Waals surface area (Å²) < 4.78 is 0. The Morgan fingerprint density at radius 3 is 2.42 bits per heavy atom. The van der Waals surface area contributed by atoms with E-state index >= 15 is 0 Å². The van der Waals surface area contributed by atoms with Crippen molar-refractivity contribution in [2.24, 2.45) is 0 Å². The van der Waals surface area contributed by atoms with Gasteiger partial charge in [-0.05, 0) is 48.3 Å². The molecular formula is C17H21NS. The molecule has 0 spiro atoms. The standard InChI is InChI=1S/C17H21NS/c1-11(2)12-7-9-13(10-8-12)16-14-5-3-4-6-15(14)19-17(16)18/h7-11H,3-6,18H2,1-2H3. The molecule has 2 aromatic rings. The largest absolute Gasteiger partial charge is 0.390 e. The van der Waals surface area contributed by atoms with Crippen molar-refractivity contribution in [3.8, 4) is 11.1 Å². The lowest BCUT2D eigenvalue weighted by Crippen LogP contribution is -1.99. The van der Waals surface area contributed by atoms with Gasteiger partial charge in [-0.1, -0.05) is 38.1 Å². The molecule has 100 valence electrons. The molecule has 0 unspecified atom stereocenters. The summed E-state index contributed by atoms with van der Waals surface area (Å²) in [6.07, 6.45) is 5.04. The quantitative estimate of drug-likeness (QED) is 0.817. The molecule has 0 saturated heterocycles. The van der Waals surface area contributed by atoms with Crippen LogP contribution in [0.15, 0.2) is 24.3 Å². The Hall–Kier alpha value is -1.28. The fraction of sp³-hybridized carbons (Fsp3) is 0.412. The predicted molar refractivity (Wildman–Crippen MR) is 84.9 cm³/mol. The number of anilines is 1. The normalized spacial score (nSPS) is 14.7. The van der Waals surface area contributed by atoms with Crippen LogP contribution in [0.4, 0.5) is 5.00 Å². The van der Waals surface area contributed by atoms with Crippen molar-refractivity contribution in [3.63, 3.8) is 0 Å². The van der Waals surface area contributed by atoms with Gasteiger partial charge in [0.1, 0.15) is 0 Å². The highest BCUT2D eigenvalue weighted by Crippen LogP contribution is 2.42. The number of fused-ring (bicyclic) bond motifs is 1. The van der Waals surface area contributed by atoms with Crippen LogP contribution in [0.25, 0.3) is 11.1 Å². The number of rotatable bonds is 2. The molecule has 2 N–H and O–H groups in total. The minimum Gasteiger partial charge on any atom is -0.390 e. The van der Waals surface area contributed by atoms with Crippen LogP contribution < -0.4 is 5.73 Å². The van der Waals surface area contributed by atoms with Crippen molar-refractivity contribution < 1.29 is 0 Å². The number of aryl methyl sites for hydroxylation is 1. The van der Waals surface area contributed by atoms with Crippen molar-refractivity contribution >= 4 is 16.3 Å². The van der Waals surface area contributed by atoms with Crippen LogP contribution in [0.1, 0.15) is 48.6 Å². The SMILES string of the molecule is CC(C)c1ccc(-c2c(N)sc3c2CCCC3)cc1. The maximum absolute atomic E-state index is 6.27. The van der Waals surface area contributed by atoms with Gasteiger partial charge in [-0.15, -0.1) is 11.3 Å². The Labute approximate surface area is 119 Å². The molecule has 0 radical (unpaired) electrons. The number of hydrogen-bond acceptors (Lipinski definition) is 2. The number of hydrogen-bond donors (Lipinski definition) is 1. The summed E-state index contributed by atoms with van der Waals surface area (Å²) in [4.78, 5) is 1.52. The van der Waals surface area contributed by atoms with Crippen LogP contribution in [0, 0.1) is 0 Å². The molecule has 2 heteroatoms. The average molecular weight is 271 g/mol. The first kappa shape index (κ1) is 12.7. The smallest absolute Gasteiger partial charge is 0.0941 e. The zero-order valence-electron chi connectivity index (χ0n) is 11.7. The van der Waals surface area contributed by atoms with Crippen LogP contribution in [-0.4, -0.2) is 0 Å². The van der Waals surface area contributed by atoms with E-state index in [1.807, 2.05) is 0 Å². The average Bonchev–Trinajstić information content (AvgIpc) is 2.74. The van der Waals surface area contributed by atoms with E-state index in [4.69, 9.17) is 5.73 Å². The van der Waals surface area contributed by atoms with Crippen molar-refractivity contribution in [2.75, 3.05) is 5.73 Å². The maximum Gasteiger partial charge on any atom is 0.0941 e. The fourth-order valence-electron chi connectivity index (χ4n) is 2.94. The maximum atomic E-state index is 6.27. The summed E-state index contributed by atoms with van der Waals surface area (Å²) in [6.45, 7) is 4.46. The molecule has 0 saturated carbocycles. The molecule has 0 amide bonds. The molecule has 0 bridgehead atoms. The molecule has 1 nitrogen and oxygen atoms in total. The molecule has 19 heavy (non-hydrogen) atoms. The summed E-state index contributed by atoms with van der Waals surface area (Å²) in [5.41, 5.74) is 11.8. The third-order valence-electron chi connectivity index (χ3n) is 4.06. The zero-order chi connectivity index (χ0) is 13.4. The van der Waals surface area contributed by atoms with Crippen LogP contribution in [-0.2, 0) is 12.8 Å². The molecule has 0 aliphatic heterocycles. The number of nitrogens with two attached hydrogens (primary N) is 1. The van der Waals surface area contributed by atoms with Crippen molar-refractivity contribution in [1.82, 2.24) is 0 Å². The summed E-state index contributed by atoms with van der Waals surface area (Å²) in [5, 5.41) is 1.00. The number of benzene rings is 1. The Morgan fingerprint density at radius 2 is 1.74 bits per heavy atom. The van der Waals surface area contributed by atoms with E-state index in [2.05, 4.69) is 38.1 Å². The van der Waals surface area contributed by atoms with Crippen molar-refractivity contribution in [1.29, 1.82) is 0 Å². The molecule has 0 fully saturated rings. The minimum absolute atomic E-state index is 0.586. The Balaban J connectivity index is 2.04. The second-order valence-corrected chi connectivity index (χ2v) is 6.86. The molecule has 1 aliphatic rings. The first-order valence-electron chi connectivity index (χ1n) is 7.17. The molecule has 1 aromatic heterocycles. The molecule has 3 rings (SSSR count). The predicted octanol–water partition coefficient (Wildman–Crippen LogP) is 5.00. The lowest BCUT2D eigenvalue weighted by Gasteiger charge is -2.13. The van der Waals surface area contributed by atoms with E-state index in [1.54, 1.807) is 11.3 Å². The minimum atomic E-state index is 0.586. The van der Waals surface area contributed by atoms with Gasteiger partial charge in [-0.2, -0.15) is 0 Å². The van der Waals surface area contributed by atoms with Gasteiger partial charge in [0.2, 0.25) is 0 Å². The van der Waals surface area contributed by atoms with Crippen LogP contribution >= 0.6 is 11.3 Å². The monoisotopic (exact) mass is 271 g/mol. The topological polar surface area (TPSA) is 26.0 Å². The molecular weight excluding hydrogens is 250 g/mol. The van der Waals surface area contributed by atoms with E-state index in [-0.39, 0.29) is 0 Å². The second-order valence-electron chi connectivity index (χ2n) is 5.73. The van der Waals surface area contributed by atoms with Gasteiger partial charge < -0.3 is 5.73 Å². The molecule has 1 aliphatic carbocycles. The number of nitrogen functional groups attached to an aromatic ring is 1. The van der Waals surface area contributed by atoms with Gasteiger partial charge in [0, 0.05) is 10.4 Å². The van der Waals surface area contributed by atoms with Gasteiger partial charge in [0.15, 0.2) is 0 Å². The first-order valence-corrected chi connectivity index (χ1v) is 7.99. The highest BCUT2D eigenvalue weighted by Gasteiger charge is 2.20. The third kappa shape index (κ3) is 2.30.